The van der Waals surface area contributed by atoms with E-state index in [9.17, 15) is 19.5 Å². The second-order valence-electron chi connectivity index (χ2n) is 5.00. The van der Waals surface area contributed by atoms with Gasteiger partial charge in [0.2, 0.25) is 0 Å². The van der Waals surface area contributed by atoms with Crippen LogP contribution in [-0.2, 0) is 9.53 Å². The van der Waals surface area contributed by atoms with E-state index in [0.29, 0.717) is 5.69 Å². The van der Waals surface area contributed by atoms with Crippen molar-refractivity contribution in [2.75, 3.05) is 25.1 Å². The number of anilines is 1. The molecule has 1 rings (SSSR count). The van der Waals surface area contributed by atoms with E-state index in [2.05, 4.69) is 0 Å². The van der Waals surface area contributed by atoms with Gasteiger partial charge in [0.25, 0.3) is 0 Å². The van der Waals surface area contributed by atoms with Gasteiger partial charge in [-0.05, 0) is 25.1 Å². The average Bonchev–Trinajstić information content (AvgIpc) is 2.52. The lowest BCUT2D eigenvalue weighted by atomic mass is 10.1. The van der Waals surface area contributed by atoms with Crippen LogP contribution in [0.15, 0.2) is 30.4 Å². The molecule has 0 aromatic heterocycles. The quantitative estimate of drug-likeness (QED) is 0.474. The molecule has 1 aromatic carbocycles. The Hall–Kier alpha value is -2.87. The van der Waals surface area contributed by atoms with Crippen LogP contribution in [0.1, 0.15) is 27.6 Å². The van der Waals surface area contributed by atoms with E-state index < -0.39 is 24.0 Å². The Labute approximate surface area is 138 Å². The summed E-state index contributed by atoms with van der Waals surface area (Å²) < 4.78 is 4.82. The molecule has 0 bridgehead atoms. The highest BCUT2D eigenvalue weighted by atomic mass is 16.5. The predicted octanol–water partition coefficient (Wildman–Crippen LogP) is 0.999. The second kappa shape index (κ2) is 8.68. The topological polar surface area (TPSA) is 124 Å². The summed E-state index contributed by atoms with van der Waals surface area (Å²) in [6.07, 6.45) is 1.75. The SMILES string of the molecule is CC=CC(=O)OCC(O)CN(C)c1ccc(C(=O)O)c(C(=O)O)c1. The Morgan fingerprint density at radius 3 is 2.38 bits per heavy atom. The van der Waals surface area contributed by atoms with Crippen LogP contribution in [0.5, 0.6) is 0 Å². The number of rotatable bonds is 8. The first-order chi connectivity index (χ1) is 11.3. The molecule has 0 amide bonds. The van der Waals surface area contributed by atoms with Crippen molar-refractivity contribution >= 4 is 23.6 Å². The van der Waals surface area contributed by atoms with E-state index >= 15 is 0 Å². The standard InChI is InChI=1S/C16H19NO7/c1-3-4-14(19)24-9-11(18)8-17(2)10-5-6-12(15(20)21)13(7-10)16(22)23/h3-7,11,18H,8-9H2,1-2H3,(H,20,21)(H,22,23). The summed E-state index contributed by atoms with van der Waals surface area (Å²) in [5.41, 5.74) is -0.252. The summed E-state index contributed by atoms with van der Waals surface area (Å²) in [6.45, 7) is 1.51. The summed E-state index contributed by atoms with van der Waals surface area (Å²) in [4.78, 5) is 34.9. The highest BCUT2D eigenvalue weighted by Gasteiger charge is 2.18. The minimum atomic E-state index is -1.36. The zero-order valence-corrected chi connectivity index (χ0v) is 13.3. The van der Waals surface area contributed by atoms with Crippen LogP contribution in [-0.4, -0.2) is 59.5 Å². The number of ether oxygens (including phenoxy) is 1. The molecule has 130 valence electrons. The number of likely N-dealkylation sites (N-methyl/N-ethyl adjacent to an activating group) is 1. The molecule has 1 atom stereocenters. The highest BCUT2D eigenvalue weighted by molar-refractivity contribution is 6.02. The Balaban J connectivity index is 2.79. The van der Waals surface area contributed by atoms with Gasteiger partial charge < -0.3 is 25.0 Å². The van der Waals surface area contributed by atoms with Gasteiger partial charge in [0.15, 0.2) is 0 Å². The fourth-order valence-corrected chi connectivity index (χ4v) is 1.97. The van der Waals surface area contributed by atoms with E-state index in [1.54, 1.807) is 14.0 Å². The normalized spacial score (nSPS) is 12.0. The summed E-state index contributed by atoms with van der Waals surface area (Å²) in [5.74, 6) is -3.26. The zero-order valence-electron chi connectivity index (χ0n) is 13.3. The average molecular weight is 337 g/mol. The van der Waals surface area contributed by atoms with Gasteiger partial charge in [-0.2, -0.15) is 0 Å². The van der Waals surface area contributed by atoms with Gasteiger partial charge in [0, 0.05) is 25.4 Å². The Kier molecular flexibility index (Phi) is 6.94. The van der Waals surface area contributed by atoms with Gasteiger partial charge >= 0.3 is 17.9 Å². The van der Waals surface area contributed by atoms with Crippen LogP contribution in [0.4, 0.5) is 5.69 Å². The molecule has 0 aliphatic rings. The number of carboxylic acids is 2. The molecule has 8 nitrogen and oxygen atoms in total. The van der Waals surface area contributed by atoms with E-state index in [1.165, 1.54) is 35.3 Å². The zero-order chi connectivity index (χ0) is 18.3. The number of nitrogens with zero attached hydrogens (tertiary/aromatic N) is 1. The molecule has 0 saturated carbocycles. The van der Waals surface area contributed by atoms with Crippen molar-refractivity contribution < 1.29 is 34.4 Å². The van der Waals surface area contributed by atoms with Gasteiger partial charge in [-0.1, -0.05) is 6.08 Å². The van der Waals surface area contributed by atoms with Crippen molar-refractivity contribution in [3.05, 3.63) is 41.5 Å². The first kappa shape index (κ1) is 19.2. The monoisotopic (exact) mass is 337 g/mol. The molecule has 1 unspecified atom stereocenters. The number of carbonyl (C=O) groups is 3. The molecule has 0 radical (unpaired) electrons. The molecule has 24 heavy (non-hydrogen) atoms. The third-order valence-electron chi connectivity index (χ3n) is 3.11. The van der Waals surface area contributed by atoms with E-state index in [1.807, 2.05) is 0 Å². The number of aliphatic hydroxyl groups is 1. The van der Waals surface area contributed by atoms with Crippen molar-refractivity contribution in [1.29, 1.82) is 0 Å². The molecule has 0 heterocycles. The van der Waals surface area contributed by atoms with Crippen LogP contribution in [0.2, 0.25) is 0 Å². The summed E-state index contributed by atoms with van der Waals surface area (Å²) in [7, 11) is 1.60. The van der Waals surface area contributed by atoms with Gasteiger partial charge in [0.05, 0.1) is 11.1 Å². The molecule has 0 fully saturated rings. The van der Waals surface area contributed by atoms with E-state index in [0.717, 1.165) is 0 Å². The molecule has 8 heteroatoms. The first-order valence-electron chi connectivity index (χ1n) is 7.05. The van der Waals surface area contributed by atoms with Crippen molar-refractivity contribution in [1.82, 2.24) is 0 Å². The molecule has 3 N–H and O–H groups in total. The molecular formula is C16H19NO7. The fourth-order valence-electron chi connectivity index (χ4n) is 1.97. The Morgan fingerprint density at radius 2 is 1.83 bits per heavy atom. The largest absolute Gasteiger partial charge is 0.478 e. The maximum absolute atomic E-state index is 11.2. The van der Waals surface area contributed by atoms with E-state index in [-0.39, 0.29) is 24.3 Å². The van der Waals surface area contributed by atoms with Gasteiger partial charge in [0.1, 0.15) is 12.7 Å². The number of allylic oxidation sites excluding steroid dienone is 1. The molecule has 0 saturated heterocycles. The molecular weight excluding hydrogens is 318 g/mol. The molecule has 0 spiro atoms. The number of hydrogen-bond donors (Lipinski definition) is 3. The number of aromatic carboxylic acids is 2. The molecule has 0 aliphatic heterocycles. The van der Waals surface area contributed by atoms with Gasteiger partial charge in [-0.3, -0.25) is 0 Å². The first-order valence-corrected chi connectivity index (χ1v) is 7.05. The Morgan fingerprint density at radius 1 is 1.21 bits per heavy atom. The lowest BCUT2D eigenvalue weighted by Gasteiger charge is -2.23. The number of esters is 1. The number of hydrogen-bond acceptors (Lipinski definition) is 6. The number of benzene rings is 1. The van der Waals surface area contributed by atoms with Crippen LogP contribution in [0.3, 0.4) is 0 Å². The third kappa shape index (κ3) is 5.40. The second-order valence-corrected chi connectivity index (χ2v) is 5.00. The van der Waals surface area contributed by atoms with Crippen LogP contribution in [0, 0.1) is 0 Å². The van der Waals surface area contributed by atoms with Gasteiger partial charge in [-0.25, -0.2) is 14.4 Å². The minimum Gasteiger partial charge on any atom is -0.478 e. The van der Waals surface area contributed by atoms with Crippen molar-refractivity contribution in [3.63, 3.8) is 0 Å². The fraction of sp³-hybridized carbons (Fsp3) is 0.312. The van der Waals surface area contributed by atoms with E-state index in [4.69, 9.17) is 14.9 Å². The minimum absolute atomic E-state index is 0.0641. The Bertz CT molecular complexity index is 654. The summed E-state index contributed by atoms with van der Waals surface area (Å²) >= 11 is 0. The molecule has 1 aromatic rings. The highest BCUT2D eigenvalue weighted by Crippen LogP contribution is 2.19. The van der Waals surface area contributed by atoms with Crippen molar-refractivity contribution in [2.24, 2.45) is 0 Å². The summed E-state index contributed by atoms with van der Waals surface area (Å²) in [6, 6.07) is 3.84. The number of carboxylic acid groups (broad SMARTS) is 2. The van der Waals surface area contributed by atoms with Crippen LogP contribution in [0.25, 0.3) is 0 Å². The maximum Gasteiger partial charge on any atom is 0.336 e. The van der Waals surface area contributed by atoms with Crippen molar-refractivity contribution in [2.45, 2.75) is 13.0 Å². The van der Waals surface area contributed by atoms with Crippen LogP contribution < -0.4 is 4.90 Å². The van der Waals surface area contributed by atoms with Crippen molar-refractivity contribution in [3.8, 4) is 0 Å². The predicted molar refractivity (Wildman–Crippen MR) is 85.4 cm³/mol. The summed E-state index contributed by atoms with van der Waals surface area (Å²) in [5, 5.41) is 28.0. The van der Waals surface area contributed by atoms with Gasteiger partial charge in [-0.15, -0.1) is 0 Å². The van der Waals surface area contributed by atoms with Crippen LogP contribution >= 0.6 is 0 Å². The number of aliphatic hydroxyl groups excluding tert-OH is 1. The number of carbonyl (C=O) groups excluding carboxylic acids is 1. The maximum atomic E-state index is 11.2. The molecule has 0 aliphatic carbocycles. The smallest absolute Gasteiger partial charge is 0.336 e. The lowest BCUT2D eigenvalue weighted by Crippen LogP contribution is -2.33. The lowest BCUT2D eigenvalue weighted by molar-refractivity contribution is -0.140. The third-order valence-corrected chi connectivity index (χ3v) is 3.11.